The Balaban J connectivity index is 1.21. The lowest BCUT2D eigenvalue weighted by molar-refractivity contribution is -0.382. The molecule has 194 valence electrons. The summed E-state index contributed by atoms with van der Waals surface area (Å²) in [5, 5.41) is 14.9. The molecule has 1 saturated heterocycles. The third-order valence-electron chi connectivity index (χ3n) is 6.70. The lowest BCUT2D eigenvalue weighted by atomic mass is 10.1. The predicted molar refractivity (Wildman–Crippen MR) is 152 cm³/mol. The number of fused-ring (bicyclic) bond motifs is 1. The monoisotopic (exact) mass is 548 g/mol. The molecule has 1 fully saturated rings. The fourth-order valence-corrected chi connectivity index (χ4v) is 6.03. The Kier molecular flexibility index (Phi) is 7.31. The summed E-state index contributed by atoms with van der Waals surface area (Å²) in [5.74, 6) is -0.368. The number of nitro benzene ring substituents is 1. The van der Waals surface area contributed by atoms with Crippen molar-refractivity contribution in [3.8, 4) is 0 Å². The third kappa shape index (κ3) is 5.07. The fourth-order valence-electron chi connectivity index (χ4n) is 4.54. The van der Waals surface area contributed by atoms with Gasteiger partial charge in [0, 0.05) is 54.6 Å². The number of carbonyl (C=O) groups is 2. The maximum absolute atomic E-state index is 12.9. The molecule has 0 spiro atoms. The molecular weight excluding hydrogens is 524 g/mol. The second-order valence-electron chi connectivity index (χ2n) is 8.99. The summed E-state index contributed by atoms with van der Waals surface area (Å²) >= 11 is 7.41. The van der Waals surface area contributed by atoms with Crippen molar-refractivity contribution >= 4 is 61.9 Å². The summed E-state index contributed by atoms with van der Waals surface area (Å²) in [4.78, 5) is 41.0. The first-order valence-electron chi connectivity index (χ1n) is 12.3. The van der Waals surface area contributed by atoms with E-state index in [9.17, 15) is 19.7 Å². The molecule has 1 aliphatic rings. The molecule has 2 heterocycles. The van der Waals surface area contributed by atoms with Crippen molar-refractivity contribution in [3.05, 3.63) is 97.9 Å². The van der Waals surface area contributed by atoms with E-state index in [0.717, 1.165) is 23.4 Å². The molecule has 5 rings (SSSR count). The Hall–Kier alpha value is -3.95. The van der Waals surface area contributed by atoms with Crippen LogP contribution in [0, 0.1) is 10.1 Å². The van der Waals surface area contributed by atoms with Gasteiger partial charge in [0.2, 0.25) is 0 Å². The first kappa shape index (κ1) is 25.7. The van der Waals surface area contributed by atoms with Crippen LogP contribution in [0.2, 0.25) is 5.02 Å². The van der Waals surface area contributed by atoms with Gasteiger partial charge in [-0.3, -0.25) is 19.7 Å². The standard InChI is InChI=1S/C28H25ClN4O4S/c1-2-18-6-8-19(9-7-18)28(35)32-16-14-31(15-17-32)21-12-10-20(11-13-21)30-27(34)26-24(29)22-4-3-5-23(33(36)37)25(22)38-26/h3-13H,2,14-17H2,1H3,(H,30,34). The second-order valence-corrected chi connectivity index (χ2v) is 10.4. The molecule has 10 heteroatoms. The molecule has 2 amide bonds. The molecule has 0 atom stereocenters. The van der Waals surface area contributed by atoms with E-state index < -0.39 is 10.8 Å². The number of benzene rings is 3. The Morgan fingerprint density at radius 2 is 1.68 bits per heavy atom. The molecule has 4 aromatic rings. The smallest absolute Gasteiger partial charge is 0.287 e. The van der Waals surface area contributed by atoms with E-state index in [1.165, 1.54) is 11.6 Å². The minimum absolute atomic E-state index is 0.0515. The van der Waals surface area contributed by atoms with Gasteiger partial charge in [0.05, 0.1) is 9.95 Å². The highest BCUT2D eigenvalue weighted by Gasteiger charge is 2.24. The summed E-state index contributed by atoms with van der Waals surface area (Å²) in [6.45, 7) is 4.77. The number of carbonyl (C=O) groups excluding carboxylic acids is 2. The van der Waals surface area contributed by atoms with Crippen molar-refractivity contribution in [2.24, 2.45) is 0 Å². The van der Waals surface area contributed by atoms with Gasteiger partial charge in [-0.15, -0.1) is 11.3 Å². The number of anilines is 2. The number of piperazine rings is 1. The number of rotatable bonds is 6. The first-order valence-corrected chi connectivity index (χ1v) is 13.4. The number of halogens is 1. The molecule has 0 radical (unpaired) electrons. The van der Waals surface area contributed by atoms with Crippen molar-refractivity contribution in [2.45, 2.75) is 13.3 Å². The highest BCUT2D eigenvalue weighted by molar-refractivity contribution is 7.22. The summed E-state index contributed by atoms with van der Waals surface area (Å²) in [6.07, 6.45) is 0.944. The lowest BCUT2D eigenvalue weighted by Gasteiger charge is -2.36. The Morgan fingerprint density at radius 1 is 1.00 bits per heavy atom. The molecule has 8 nitrogen and oxygen atoms in total. The molecule has 38 heavy (non-hydrogen) atoms. The average Bonchev–Trinajstić information content (AvgIpc) is 3.29. The van der Waals surface area contributed by atoms with Gasteiger partial charge in [-0.05, 0) is 48.4 Å². The quantitative estimate of drug-likeness (QED) is 0.227. The minimum atomic E-state index is -0.477. The molecule has 1 aromatic heterocycles. The van der Waals surface area contributed by atoms with Gasteiger partial charge in [-0.2, -0.15) is 0 Å². The van der Waals surface area contributed by atoms with E-state index in [2.05, 4.69) is 17.1 Å². The zero-order valence-corrected chi connectivity index (χ0v) is 22.2. The van der Waals surface area contributed by atoms with Crippen LogP contribution in [-0.2, 0) is 6.42 Å². The maximum atomic E-state index is 12.9. The van der Waals surface area contributed by atoms with Crippen LogP contribution in [0.1, 0.15) is 32.5 Å². The highest BCUT2D eigenvalue weighted by atomic mass is 35.5. The van der Waals surface area contributed by atoms with Crippen molar-refractivity contribution in [3.63, 3.8) is 0 Å². The largest absolute Gasteiger partial charge is 0.368 e. The minimum Gasteiger partial charge on any atom is -0.368 e. The van der Waals surface area contributed by atoms with Crippen LogP contribution in [0.15, 0.2) is 66.7 Å². The van der Waals surface area contributed by atoms with Gasteiger partial charge in [0.15, 0.2) is 0 Å². The van der Waals surface area contributed by atoms with E-state index in [1.54, 1.807) is 12.1 Å². The van der Waals surface area contributed by atoms with Crippen LogP contribution in [0.4, 0.5) is 17.1 Å². The third-order valence-corrected chi connectivity index (χ3v) is 8.43. The number of hydrogen-bond acceptors (Lipinski definition) is 6. The zero-order chi connectivity index (χ0) is 26.8. The number of aryl methyl sites for hydroxylation is 1. The number of nitrogens with one attached hydrogen (secondary N) is 1. The molecule has 0 saturated carbocycles. The van der Waals surface area contributed by atoms with Crippen LogP contribution in [0.3, 0.4) is 0 Å². The maximum Gasteiger partial charge on any atom is 0.287 e. The van der Waals surface area contributed by atoms with Crippen molar-refractivity contribution in [2.75, 3.05) is 36.4 Å². The topological polar surface area (TPSA) is 95.8 Å². The summed E-state index contributed by atoms with van der Waals surface area (Å²) in [6, 6.07) is 19.9. The molecular formula is C28H25ClN4O4S. The Bertz CT molecular complexity index is 1510. The van der Waals surface area contributed by atoms with Crippen molar-refractivity contribution in [1.82, 2.24) is 4.90 Å². The van der Waals surface area contributed by atoms with Gasteiger partial charge < -0.3 is 15.1 Å². The number of amides is 2. The number of non-ortho nitro benzene ring substituents is 1. The summed E-state index contributed by atoms with van der Waals surface area (Å²) in [7, 11) is 0. The van der Waals surface area contributed by atoms with Crippen LogP contribution >= 0.6 is 22.9 Å². The number of hydrogen-bond donors (Lipinski definition) is 1. The Labute approximate surface area is 228 Å². The number of thiophene rings is 1. The predicted octanol–water partition coefficient (Wildman–Crippen LogP) is 6.24. The van der Waals surface area contributed by atoms with Gasteiger partial charge in [-0.25, -0.2) is 0 Å². The van der Waals surface area contributed by atoms with Gasteiger partial charge in [-0.1, -0.05) is 42.8 Å². The van der Waals surface area contributed by atoms with Crippen LogP contribution < -0.4 is 10.2 Å². The molecule has 3 aromatic carbocycles. The molecule has 0 unspecified atom stereocenters. The highest BCUT2D eigenvalue weighted by Crippen LogP contribution is 2.40. The molecule has 0 aliphatic carbocycles. The van der Waals surface area contributed by atoms with Crippen LogP contribution in [0.5, 0.6) is 0 Å². The van der Waals surface area contributed by atoms with E-state index in [4.69, 9.17) is 11.6 Å². The molecule has 1 N–H and O–H groups in total. The van der Waals surface area contributed by atoms with E-state index in [0.29, 0.717) is 47.5 Å². The summed E-state index contributed by atoms with van der Waals surface area (Å²) < 4.78 is 0.374. The van der Waals surface area contributed by atoms with Crippen molar-refractivity contribution < 1.29 is 14.5 Å². The van der Waals surface area contributed by atoms with Gasteiger partial charge in [0.1, 0.15) is 9.58 Å². The number of nitrogens with zero attached hydrogens (tertiary/aromatic N) is 3. The van der Waals surface area contributed by atoms with E-state index >= 15 is 0 Å². The normalized spacial score (nSPS) is 13.5. The average molecular weight is 549 g/mol. The SMILES string of the molecule is CCc1ccc(C(=O)N2CCN(c3ccc(NC(=O)c4sc5c([N+](=O)[O-])cccc5c4Cl)cc3)CC2)cc1. The second kappa shape index (κ2) is 10.8. The van der Waals surface area contributed by atoms with E-state index in [-0.39, 0.29) is 21.5 Å². The zero-order valence-electron chi connectivity index (χ0n) is 20.6. The Morgan fingerprint density at radius 3 is 2.32 bits per heavy atom. The van der Waals surface area contributed by atoms with E-state index in [1.807, 2.05) is 53.4 Å². The lowest BCUT2D eigenvalue weighted by Crippen LogP contribution is -2.48. The van der Waals surface area contributed by atoms with Crippen molar-refractivity contribution in [1.29, 1.82) is 0 Å². The number of nitro groups is 1. The van der Waals surface area contributed by atoms with Gasteiger partial charge in [0.25, 0.3) is 17.5 Å². The molecule has 0 bridgehead atoms. The molecule has 1 aliphatic heterocycles. The van der Waals surface area contributed by atoms with Gasteiger partial charge >= 0.3 is 0 Å². The van der Waals surface area contributed by atoms with Crippen LogP contribution in [0.25, 0.3) is 10.1 Å². The van der Waals surface area contributed by atoms with Crippen LogP contribution in [-0.4, -0.2) is 47.8 Å². The first-order chi connectivity index (χ1) is 18.4. The summed E-state index contributed by atoms with van der Waals surface area (Å²) in [5.41, 5.74) is 3.43. The fraction of sp³-hybridized carbons (Fsp3) is 0.214.